The molecule has 4 fully saturated rings. The monoisotopic (exact) mass is 275 g/mol. The van der Waals surface area contributed by atoms with E-state index in [9.17, 15) is 4.79 Å². The molecule has 0 aromatic carbocycles. The highest BCUT2D eigenvalue weighted by atomic mass is 16.6. The SMILES string of the molecule is CCO/C=C1\N=C(C2C3CC4CC(C3)CC2C4)OC1=O. The highest BCUT2D eigenvalue weighted by Crippen LogP contribution is 2.57. The average Bonchev–Trinajstić information content (AvgIpc) is 2.76. The van der Waals surface area contributed by atoms with Crippen molar-refractivity contribution in [2.24, 2.45) is 34.6 Å². The minimum atomic E-state index is -0.345. The summed E-state index contributed by atoms with van der Waals surface area (Å²) in [6.45, 7) is 2.43. The van der Waals surface area contributed by atoms with Crippen molar-refractivity contribution in [1.82, 2.24) is 0 Å². The van der Waals surface area contributed by atoms with Gasteiger partial charge in [-0.25, -0.2) is 9.79 Å². The number of nitrogens with zero attached hydrogens (tertiary/aromatic N) is 1. The van der Waals surface area contributed by atoms with E-state index in [0.717, 1.165) is 11.8 Å². The van der Waals surface area contributed by atoms with Gasteiger partial charge in [0.05, 0.1) is 6.61 Å². The van der Waals surface area contributed by atoms with Gasteiger partial charge in [-0.15, -0.1) is 0 Å². The number of cyclic esters (lactones) is 1. The lowest BCUT2D eigenvalue weighted by molar-refractivity contribution is -0.131. The Morgan fingerprint density at radius 2 is 1.85 bits per heavy atom. The molecule has 5 aliphatic rings. The standard InChI is InChI=1S/C16H21NO3/c1-2-19-8-13-16(18)20-15(17-13)14-11-4-9-3-10(6-11)7-12(14)5-9/h8-12,14H,2-7H2,1H3/b13-8-. The van der Waals surface area contributed by atoms with Gasteiger partial charge in [0, 0.05) is 5.92 Å². The first-order valence-corrected chi connectivity index (χ1v) is 7.87. The van der Waals surface area contributed by atoms with Crippen LogP contribution in [0, 0.1) is 29.6 Å². The Hall–Kier alpha value is -1.32. The fourth-order valence-corrected chi connectivity index (χ4v) is 5.04. The van der Waals surface area contributed by atoms with Crippen molar-refractivity contribution in [3.63, 3.8) is 0 Å². The molecule has 4 bridgehead atoms. The van der Waals surface area contributed by atoms with Gasteiger partial charge in [0.2, 0.25) is 5.90 Å². The summed E-state index contributed by atoms with van der Waals surface area (Å²) in [7, 11) is 0. The van der Waals surface area contributed by atoms with E-state index in [4.69, 9.17) is 9.47 Å². The second kappa shape index (κ2) is 4.61. The molecular formula is C16H21NO3. The van der Waals surface area contributed by atoms with Crippen molar-refractivity contribution in [3.05, 3.63) is 12.0 Å². The number of hydrogen-bond donors (Lipinski definition) is 0. The number of ether oxygens (including phenoxy) is 2. The second-order valence-corrected chi connectivity index (χ2v) is 6.75. The molecule has 108 valence electrons. The summed E-state index contributed by atoms with van der Waals surface area (Å²) in [5.41, 5.74) is 0.329. The van der Waals surface area contributed by atoms with Crippen molar-refractivity contribution in [1.29, 1.82) is 0 Å². The van der Waals surface area contributed by atoms with Crippen molar-refractivity contribution < 1.29 is 14.3 Å². The normalized spacial score (nSPS) is 43.9. The maximum atomic E-state index is 11.8. The molecule has 1 aliphatic heterocycles. The molecule has 0 aromatic rings. The van der Waals surface area contributed by atoms with E-state index in [1.807, 2.05) is 6.92 Å². The van der Waals surface area contributed by atoms with Crippen molar-refractivity contribution in [2.45, 2.75) is 39.0 Å². The van der Waals surface area contributed by atoms with Crippen LogP contribution >= 0.6 is 0 Å². The van der Waals surface area contributed by atoms with Crippen molar-refractivity contribution in [2.75, 3.05) is 6.61 Å². The Balaban J connectivity index is 1.58. The topological polar surface area (TPSA) is 47.9 Å². The Bertz CT molecular complexity index is 466. The minimum absolute atomic E-state index is 0.329. The summed E-state index contributed by atoms with van der Waals surface area (Å²) in [5, 5.41) is 0. The van der Waals surface area contributed by atoms with E-state index in [0.29, 0.717) is 36.0 Å². The zero-order chi connectivity index (χ0) is 13.7. The van der Waals surface area contributed by atoms with Gasteiger partial charge in [-0.3, -0.25) is 0 Å². The van der Waals surface area contributed by atoms with Crippen LogP contribution in [0.5, 0.6) is 0 Å². The molecule has 0 radical (unpaired) electrons. The first-order valence-electron chi connectivity index (χ1n) is 7.87. The van der Waals surface area contributed by atoms with Gasteiger partial charge in [0.25, 0.3) is 0 Å². The van der Waals surface area contributed by atoms with E-state index >= 15 is 0 Å². The molecule has 0 amide bonds. The summed E-state index contributed by atoms with van der Waals surface area (Å²) in [4.78, 5) is 16.3. The molecule has 4 heteroatoms. The molecule has 0 spiro atoms. The minimum Gasteiger partial charge on any atom is -0.499 e. The van der Waals surface area contributed by atoms with Crippen LogP contribution in [-0.4, -0.2) is 18.5 Å². The second-order valence-electron chi connectivity index (χ2n) is 6.75. The summed E-state index contributed by atoms with van der Waals surface area (Å²) in [6, 6.07) is 0. The molecule has 1 heterocycles. The number of hydrogen-bond acceptors (Lipinski definition) is 4. The third kappa shape index (κ3) is 1.88. The fraction of sp³-hybridized carbons (Fsp3) is 0.750. The first-order chi connectivity index (χ1) is 9.74. The number of aliphatic imine (C=N–C) groups is 1. The van der Waals surface area contributed by atoms with Crippen LogP contribution in [0.1, 0.15) is 39.0 Å². The molecular weight excluding hydrogens is 254 g/mol. The van der Waals surface area contributed by atoms with E-state index in [1.165, 1.54) is 38.4 Å². The zero-order valence-electron chi connectivity index (χ0n) is 11.9. The van der Waals surface area contributed by atoms with Gasteiger partial charge < -0.3 is 9.47 Å². The summed E-state index contributed by atoms with van der Waals surface area (Å²) in [6.07, 6.45) is 8.09. The van der Waals surface area contributed by atoms with E-state index in [-0.39, 0.29) is 5.97 Å². The molecule has 5 rings (SSSR count). The van der Waals surface area contributed by atoms with E-state index in [2.05, 4.69) is 4.99 Å². The molecule has 0 N–H and O–H groups in total. The molecule has 20 heavy (non-hydrogen) atoms. The van der Waals surface area contributed by atoms with E-state index in [1.54, 1.807) is 0 Å². The Kier molecular flexibility index (Phi) is 2.86. The predicted octanol–water partition coefficient (Wildman–Crippen LogP) is 2.89. The molecule has 0 atom stereocenters. The number of rotatable bonds is 3. The van der Waals surface area contributed by atoms with Crippen LogP contribution in [-0.2, 0) is 14.3 Å². The number of carbonyl (C=O) groups excluding carboxylic acids is 1. The molecule has 4 saturated carbocycles. The van der Waals surface area contributed by atoms with Crippen molar-refractivity contribution >= 4 is 11.9 Å². The quantitative estimate of drug-likeness (QED) is 0.452. The average molecular weight is 275 g/mol. The van der Waals surface area contributed by atoms with E-state index < -0.39 is 0 Å². The summed E-state index contributed by atoms with van der Waals surface area (Å²) in [5.74, 6) is 3.92. The smallest absolute Gasteiger partial charge is 0.366 e. The van der Waals surface area contributed by atoms with Gasteiger partial charge in [-0.2, -0.15) is 0 Å². The van der Waals surface area contributed by atoms with Crippen LogP contribution in [0.2, 0.25) is 0 Å². The predicted molar refractivity (Wildman–Crippen MR) is 73.8 cm³/mol. The highest BCUT2D eigenvalue weighted by Gasteiger charge is 2.51. The molecule has 4 aliphatic carbocycles. The third-order valence-corrected chi connectivity index (χ3v) is 5.51. The molecule has 0 saturated heterocycles. The van der Waals surface area contributed by atoms with Gasteiger partial charge in [0.15, 0.2) is 5.70 Å². The van der Waals surface area contributed by atoms with Gasteiger partial charge in [-0.05, 0) is 62.7 Å². The lowest BCUT2D eigenvalue weighted by Gasteiger charge is -2.53. The van der Waals surface area contributed by atoms with Crippen LogP contribution < -0.4 is 0 Å². The first kappa shape index (κ1) is 12.4. The summed E-state index contributed by atoms with van der Waals surface area (Å²) >= 11 is 0. The van der Waals surface area contributed by atoms with Gasteiger partial charge in [-0.1, -0.05) is 0 Å². The number of carbonyl (C=O) groups is 1. The number of esters is 1. The maximum absolute atomic E-state index is 11.8. The molecule has 4 nitrogen and oxygen atoms in total. The maximum Gasteiger partial charge on any atom is 0.366 e. The Morgan fingerprint density at radius 1 is 1.20 bits per heavy atom. The Morgan fingerprint density at radius 3 is 2.45 bits per heavy atom. The zero-order valence-corrected chi connectivity index (χ0v) is 11.9. The Labute approximate surface area is 119 Å². The van der Waals surface area contributed by atoms with Crippen LogP contribution in [0.4, 0.5) is 0 Å². The largest absolute Gasteiger partial charge is 0.499 e. The lowest BCUT2D eigenvalue weighted by Crippen LogP contribution is -2.48. The van der Waals surface area contributed by atoms with Crippen molar-refractivity contribution in [3.8, 4) is 0 Å². The highest BCUT2D eigenvalue weighted by molar-refractivity contribution is 6.05. The van der Waals surface area contributed by atoms with Crippen LogP contribution in [0.3, 0.4) is 0 Å². The lowest BCUT2D eigenvalue weighted by atomic mass is 9.52. The van der Waals surface area contributed by atoms with Crippen LogP contribution in [0.25, 0.3) is 0 Å². The third-order valence-electron chi connectivity index (χ3n) is 5.51. The van der Waals surface area contributed by atoms with Gasteiger partial charge >= 0.3 is 5.97 Å². The van der Waals surface area contributed by atoms with Gasteiger partial charge in [0.1, 0.15) is 6.26 Å². The fourth-order valence-electron chi connectivity index (χ4n) is 5.04. The molecule has 0 unspecified atom stereocenters. The molecule has 0 aromatic heterocycles. The van der Waals surface area contributed by atoms with Crippen LogP contribution in [0.15, 0.2) is 17.0 Å². The summed E-state index contributed by atoms with van der Waals surface area (Å²) < 4.78 is 10.6.